The van der Waals surface area contributed by atoms with Crippen LogP contribution < -0.4 is 5.32 Å². The van der Waals surface area contributed by atoms with Gasteiger partial charge in [0.05, 0.1) is 0 Å². The molecule has 98 valence electrons. The Morgan fingerprint density at radius 3 is 2.42 bits per heavy atom. The molecule has 0 spiro atoms. The van der Waals surface area contributed by atoms with Gasteiger partial charge in [-0.2, -0.15) is 0 Å². The minimum Gasteiger partial charge on any atom is -0.303 e. The second kappa shape index (κ2) is 5.54. The fraction of sp³-hybridized carbons (Fsp3) is 0.353. The number of benzene rings is 1. The number of rotatable bonds is 5. The Hall–Kier alpha value is -1.67. The number of pyridine rings is 1. The van der Waals surface area contributed by atoms with E-state index in [1.165, 1.54) is 24.0 Å². The third kappa shape index (κ3) is 3.02. The highest BCUT2D eigenvalue weighted by molar-refractivity contribution is 5.22. The van der Waals surface area contributed by atoms with E-state index in [9.17, 15) is 0 Å². The van der Waals surface area contributed by atoms with E-state index in [1.807, 2.05) is 18.5 Å². The van der Waals surface area contributed by atoms with Crippen LogP contribution in [0.5, 0.6) is 0 Å². The summed E-state index contributed by atoms with van der Waals surface area (Å²) in [7, 11) is 0. The van der Waals surface area contributed by atoms with Crippen molar-refractivity contribution in [3.8, 4) is 0 Å². The van der Waals surface area contributed by atoms with Crippen LogP contribution in [0.25, 0.3) is 0 Å². The van der Waals surface area contributed by atoms with E-state index in [2.05, 4.69) is 53.6 Å². The standard InChI is InChI=1S/C17H20N2/c1-13(16-8-5-11-18-12-16)19-17(15-9-10-15)14-6-3-2-4-7-14/h2-8,11-13,15,17,19H,9-10H2,1H3/t13-,17?/m0/s1. The molecule has 1 heterocycles. The van der Waals surface area contributed by atoms with E-state index in [0.717, 1.165) is 5.92 Å². The van der Waals surface area contributed by atoms with E-state index < -0.39 is 0 Å². The maximum absolute atomic E-state index is 4.21. The number of nitrogens with zero attached hydrogens (tertiary/aromatic N) is 1. The zero-order valence-corrected chi connectivity index (χ0v) is 11.3. The molecule has 1 fully saturated rings. The van der Waals surface area contributed by atoms with Crippen LogP contribution in [0.3, 0.4) is 0 Å². The lowest BCUT2D eigenvalue weighted by Crippen LogP contribution is -2.26. The van der Waals surface area contributed by atoms with E-state index in [1.54, 1.807) is 0 Å². The summed E-state index contributed by atoms with van der Waals surface area (Å²) in [6.45, 7) is 2.22. The SMILES string of the molecule is C[C@H](NC(c1ccccc1)C1CC1)c1cccnc1. The lowest BCUT2D eigenvalue weighted by Gasteiger charge is -2.24. The first kappa shape index (κ1) is 12.4. The summed E-state index contributed by atoms with van der Waals surface area (Å²) in [6, 6.07) is 15.7. The average Bonchev–Trinajstić information content (AvgIpc) is 3.31. The van der Waals surface area contributed by atoms with Crippen LogP contribution in [0.4, 0.5) is 0 Å². The number of hydrogen-bond acceptors (Lipinski definition) is 2. The van der Waals surface area contributed by atoms with Crippen LogP contribution in [0.2, 0.25) is 0 Å². The number of aromatic nitrogens is 1. The van der Waals surface area contributed by atoms with Gasteiger partial charge in [0.2, 0.25) is 0 Å². The molecule has 0 aliphatic heterocycles. The zero-order valence-electron chi connectivity index (χ0n) is 11.3. The smallest absolute Gasteiger partial charge is 0.0353 e. The van der Waals surface area contributed by atoms with Crippen LogP contribution >= 0.6 is 0 Å². The van der Waals surface area contributed by atoms with Gasteiger partial charge < -0.3 is 5.32 Å². The summed E-state index contributed by atoms with van der Waals surface area (Å²) in [5.41, 5.74) is 2.66. The predicted molar refractivity (Wildman–Crippen MR) is 77.7 cm³/mol. The molecule has 0 amide bonds. The summed E-state index contributed by atoms with van der Waals surface area (Å²) in [4.78, 5) is 4.21. The molecule has 0 bridgehead atoms. The van der Waals surface area contributed by atoms with Crippen molar-refractivity contribution in [2.24, 2.45) is 5.92 Å². The van der Waals surface area contributed by atoms with E-state index in [-0.39, 0.29) is 0 Å². The van der Waals surface area contributed by atoms with Crippen molar-refractivity contribution in [3.05, 3.63) is 66.0 Å². The molecular weight excluding hydrogens is 232 g/mol. The highest BCUT2D eigenvalue weighted by Gasteiger charge is 2.32. The largest absolute Gasteiger partial charge is 0.303 e. The Morgan fingerprint density at radius 1 is 1.05 bits per heavy atom. The molecule has 2 aromatic rings. The molecule has 1 N–H and O–H groups in total. The topological polar surface area (TPSA) is 24.9 Å². The lowest BCUT2D eigenvalue weighted by molar-refractivity contribution is 0.427. The Labute approximate surface area is 114 Å². The van der Waals surface area contributed by atoms with Crippen LogP contribution in [-0.2, 0) is 0 Å². The molecule has 1 unspecified atom stereocenters. The van der Waals surface area contributed by atoms with Gasteiger partial charge >= 0.3 is 0 Å². The van der Waals surface area contributed by atoms with E-state index in [4.69, 9.17) is 0 Å². The van der Waals surface area contributed by atoms with Crippen molar-refractivity contribution in [1.29, 1.82) is 0 Å². The van der Waals surface area contributed by atoms with Crippen molar-refractivity contribution in [1.82, 2.24) is 10.3 Å². The van der Waals surface area contributed by atoms with Gasteiger partial charge in [0.15, 0.2) is 0 Å². The molecular formula is C17H20N2. The van der Waals surface area contributed by atoms with Gasteiger partial charge in [-0.3, -0.25) is 4.98 Å². The molecule has 19 heavy (non-hydrogen) atoms. The van der Waals surface area contributed by atoms with Crippen LogP contribution in [0.15, 0.2) is 54.9 Å². The van der Waals surface area contributed by atoms with Crippen LogP contribution in [-0.4, -0.2) is 4.98 Å². The Bertz CT molecular complexity index is 505. The monoisotopic (exact) mass is 252 g/mol. The Kier molecular flexibility index (Phi) is 3.60. The molecule has 2 atom stereocenters. The van der Waals surface area contributed by atoms with Crippen molar-refractivity contribution in [3.63, 3.8) is 0 Å². The normalized spacial score (nSPS) is 17.9. The molecule has 2 nitrogen and oxygen atoms in total. The number of nitrogens with one attached hydrogen (secondary N) is 1. The average molecular weight is 252 g/mol. The van der Waals surface area contributed by atoms with E-state index >= 15 is 0 Å². The van der Waals surface area contributed by atoms with Gasteiger partial charge in [-0.25, -0.2) is 0 Å². The van der Waals surface area contributed by atoms with E-state index in [0.29, 0.717) is 12.1 Å². The quantitative estimate of drug-likeness (QED) is 0.873. The minimum absolute atomic E-state index is 0.333. The van der Waals surface area contributed by atoms with Gasteiger partial charge in [-0.05, 0) is 42.9 Å². The van der Waals surface area contributed by atoms with Gasteiger partial charge in [0, 0.05) is 24.5 Å². The van der Waals surface area contributed by atoms with Gasteiger partial charge in [-0.1, -0.05) is 36.4 Å². The molecule has 0 saturated heterocycles. The van der Waals surface area contributed by atoms with Gasteiger partial charge in [0.25, 0.3) is 0 Å². The van der Waals surface area contributed by atoms with Crippen LogP contribution in [0, 0.1) is 5.92 Å². The van der Waals surface area contributed by atoms with Crippen molar-refractivity contribution in [2.45, 2.75) is 31.8 Å². The molecule has 1 aromatic heterocycles. The molecule has 1 saturated carbocycles. The first-order chi connectivity index (χ1) is 9.34. The third-order valence-corrected chi connectivity index (χ3v) is 3.87. The lowest BCUT2D eigenvalue weighted by atomic mass is 10.00. The first-order valence-corrected chi connectivity index (χ1v) is 7.05. The molecule has 2 heteroatoms. The summed E-state index contributed by atoms with van der Waals surface area (Å²) in [5, 5.41) is 3.77. The van der Waals surface area contributed by atoms with Gasteiger partial charge in [0.1, 0.15) is 0 Å². The maximum Gasteiger partial charge on any atom is 0.0353 e. The molecule has 1 aromatic carbocycles. The predicted octanol–water partition coefficient (Wildman–Crippen LogP) is 3.88. The zero-order chi connectivity index (χ0) is 13.1. The van der Waals surface area contributed by atoms with Crippen molar-refractivity contribution >= 4 is 0 Å². The molecule has 0 radical (unpaired) electrons. The number of hydrogen-bond donors (Lipinski definition) is 1. The fourth-order valence-corrected chi connectivity index (χ4v) is 2.59. The fourth-order valence-electron chi connectivity index (χ4n) is 2.59. The summed E-state index contributed by atoms with van der Waals surface area (Å²) < 4.78 is 0. The summed E-state index contributed by atoms with van der Waals surface area (Å²) >= 11 is 0. The minimum atomic E-state index is 0.333. The third-order valence-electron chi connectivity index (χ3n) is 3.87. The van der Waals surface area contributed by atoms with Gasteiger partial charge in [-0.15, -0.1) is 0 Å². The first-order valence-electron chi connectivity index (χ1n) is 7.05. The molecule has 3 rings (SSSR count). The van der Waals surface area contributed by atoms with Crippen LogP contribution in [0.1, 0.15) is 43.0 Å². The maximum atomic E-state index is 4.21. The highest BCUT2D eigenvalue weighted by Crippen LogP contribution is 2.42. The summed E-state index contributed by atoms with van der Waals surface area (Å²) in [6.07, 6.45) is 6.46. The highest BCUT2D eigenvalue weighted by atomic mass is 15.0. The molecule has 1 aliphatic rings. The Balaban J connectivity index is 1.76. The second-order valence-electron chi connectivity index (χ2n) is 5.40. The van der Waals surface area contributed by atoms with Crippen molar-refractivity contribution in [2.75, 3.05) is 0 Å². The summed E-state index contributed by atoms with van der Waals surface area (Å²) in [5.74, 6) is 0.793. The Morgan fingerprint density at radius 2 is 1.79 bits per heavy atom. The van der Waals surface area contributed by atoms with Crippen molar-refractivity contribution < 1.29 is 0 Å². The molecule has 1 aliphatic carbocycles. The second-order valence-corrected chi connectivity index (χ2v) is 5.40.